The molecule has 9 heteroatoms. The van der Waals surface area contributed by atoms with Crippen LogP contribution in [0.3, 0.4) is 0 Å². The molecule has 0 heterocycles. The molecule has 0 aromatic heterocycles. The lowest BCUT2D eigenvalue weighted by atomic mass is 9.99. The minimum absolute atomic E-state index is 0.0255. The van der Waals surface area contributed by atoms with Crippen LogP contribution in [0.1, 0.15) is 41.0 Å². The van der Waals surface area contributed by atoms with Crippen molar-refractivity contribution < 1.29 is 24.3 Å². The molecule has 6 N–H and O–H groups in total. The summed E-state index contributed by atoms with van der Waals surface area (Å²) < 4.78 is 0. The summed E-state index contributed by atoms with van der Waals surface area (Å²) in [7, 11) is 0. The first kappa shape index (κ1) is 21.8. The first-order chi connectivity index (χ1) is 11.0. The summed E-state index contributed by atoms with van der Waals surface area (Å²) in [5.74, 6) is -2.84. The van der Waals surface area contributed by atoms with Crippen LogP contribution in [0, 0.1) is 5.92 Å². The smallest absolute Gasteiger partial charge is 0.325 e. The SMILES string of the molecule is CCC(C)C(N)C(=O)NC(C)C(=O)NC(C)C(=O)NC(C)C(=O)O. The van der Waals surface area contributed by atoms with Gasteiger partial charge in [-0.25, -0.2) is 0 Å². The first-order valence-corrected chi connectivity index (χ1v) is 7.90. The van der Waals surface area contributed by atoms with Gasteiger partial charge in [-0.2, -0.15) is 0 Å². The van der Waals surface area contributed by atoms with Crippen LogP contribution in [0.25, 0.3) is 0 Å². The molecule has 0 saturated carbocycles. The van der Waals surface area contributed by atoms with Gasteiger partial charge in [-0.3, -0.25) is 19.2 Å². The summed E-state index contributed by atoms with van der Waals surface area (Å²) in [5.41, 5.74) is 5.79. The quantitative estimate of drug-likeness (QED) is 0.360. The Morgan fingerprint density at radius 3 is 1.58 bits per heavy atom. The van der Waals surface area contributed by atoms with Gasteiger partial charge >= 0.3 is 5.97 Å². The predicted octanol–water partition coefficient (Wildman–Crippen LogP) is -1.04. The third-order valence-corrected chi connectivity index (χ3v) is 3.79. The Morgan fingerprint density at radius 2 is 1.21 bits per heavy atom. The molecule has 138 valence electrons. The van der Waals surface area contributed by atoms with Gasteiger partial charge in [-0.1, -0.05) is 20.3 Å². The molecule has 0 bridgehead atoms. The number of amides is 3. The second kappa shape index (κ2) is 9.86. The van der Waals surface area contributed by atoms with Crippen molar-refractivity contribution in [3.8, 4) is 0 Å². The van der Waals surface area contributed by atoms with Crippen LogP contribution in [0.4, 0.5) is 0 Å². The van der Waals surface area contributed by atoms with Gasteiger partial charge in [0, 0.05) is 0 Å². The van der Waals surface area contributed by atoms with Crippen molar-refractivity contribution in [2.75, 3.05) is 0 Å². The molecule has 0 rings (SSSR count). The normalized spacial score (nSPS) is 16.9. The Kier molecular flexibility index (Phi) is 8.97. The van der Waals surface area contributed by atoms with Crippen molar-refractivity contribution in [2.45, 2.75) is 65.2 Å². The van der Waals surface area contributed by atoms with Gasteiger partial charge < -0.3 is 26.8 Å². The zero-order chi connectivity index (χ0) is 19.0. The average molecular weight is 344 g/mol. The summed E-state index contributed by atoms with van der Waals surface area (Å²) in [5, 5.41) is 15.9. The van der Waals surface area contributed by atoms with Crippen molar-refractivity contribution in [2.24, 2.45) is 11.7 Å². The van der Waals surface area contributed by atoms with E-state index in [4.69, 9.17) is 10.8 Å². The topological polar surface area (TPSA) is 151 Å². The highest BCUT2D eigenvalue weighted by molar-refractivity contribution is 5.93. The molecule has 0 aromatic rings. The Bertz CT molecular complexity index is 482. The predicted molar refractivity (Wildman–Crippen MR) is 87.9 cm³/mol. The Labute approximate surface area is 141 Å². The van der Waals surface area contributed by atoms with Crippen molar-refractivity contribution in [3.05, 3.63) is 0 Å². The van der Waals surface area contributed by atoms with Crippen LogP contribution in [-0.4, -0.2) is 53.0 Å². The van der Waals surface area contributed by atoms with Gasteiger partial charge in [0.1, 0.15) is 18.1 Å². The fourth-order valence-corrected chi connectivity index (χ4v) is 1.69. The molecule has 0 radical (unpaired) electrons. The fourth-order valence-electron chi connectivity index (χ4n) is 1.69. The maximum atomic E-state index is 12.0. The largest absolute Gasteiger partial charge is 0.480 e. The number of carbonyl (C=O) groups is 4. The van der Waals surface area contributed by atoms with E-state index in [-0.39, 0.29) is 5.92 Å². The monoisotopic (exact) mass is 344 g/mol. The minimum atomic E-state index is -1.18. The van der Waals surface area contributed by atoms with Crippen LogP contribution >= 0.6 is 0 Å². The first-order valence-electron chi connectivity index (χ1n) is 7.90. The van der Waals surface area contributed by atoms with E-state index in [9.17, 15) is 19.2 Å². The summed E-state index contributed by atoms with van der Waals surface area (Å²) >= 11 is 0. The highest BCUT2D eigenvalue weighted by atomic mass is 16.4. The summed E-state index contributed by atoms with van der Waals surface area (Å²) in [4.78, 5) is 46.4. The van der Waals surface area contributed by atoms with E-state index in [1.165, 1.54) is 20.8 Å². The minimum Gasteiger partial charge on any atom is -0.480 e. The maximum absolute atomic E-state index is 12.0. The zero-order valence-corrected chi connectivity index (χ0v) is 14.8. The highest BCUT2D eigenvalue weighted by Gasteiger charge is 2.26. The van der Waals surface area contributed by atoms with Gasteiger partial charge in [0.25, 0.3) is 0 Å². The molecular weight excluding hydrogens is 316 g/mol. The number of carboxylic acid groups (broad SMARTS) is 1. The number of carboxylic acids is 1. The average Bonchev–Trinajstić information content (AvgIpc) is 2.52. The molecule has 0 aliphatic carbocycles. The Hall–Kier alpha value is -2.16. The fraction of sp³-hybridized carbons (Fsp3) is 0.733. The molecule has 5 atom stereocenters. The highest BCUT2D eigenvalue weighted by Crippen LogP contribution is 2.05. The third-order valence-electron chi connectivity index (χ3n) is 3.79. The summed E-state index contributed by atoms with van der Waals surface area (Å²) in [6.07, 6.45) is 0.730. The standard InChI is InChI=1S/C15H28N4O5/c1-6-7(2)11(16)14(22)18-9(4)12(20)17-8(3)13(21)19-10(5)15(23)24/h7-11H,6,16H2,1-5H3,(H,17,20)(H,18,22)(H,19,21)(H,23,24). The third kappa shape index (κ3) is 6.95. The number of rotatable bonds is 9. The molecule has 0 spiro atoms. The van der Waals surface area contributed by atoms with Gasteiger partial charge in [0.05, 0.1) is 6.04 Å². The molecule has 0 aliphatic rings. The van der Waals surface area contributed by atoms with Crippen molar-refractivity contribution >= 4 is 23.7 Å². The lowest BCUT2D eigenvalue weighted by Gasteiger charge is -2.22. The lowest BCUT2D eigenvalue weighted by Crippen LogP contribution is -2.55. The number of hydrogen-bond acceptors (Lipinski definition) is 5. The number of hydrogen-bond donors (Lipinski definition) is 5. The molecule has 0 aromatic carbocycles. The molecule has 24 heavy (non-hydrogen) atoms. The molecule has 0 aliphatic heterocycles. The van der Waals surface area contributed by atoms with E-state index in [0.717, 1.165) is 6.42 Å². The molecular formula is C15H28N4O5. The molecule has 5 unspecified atom stereocenters. The van der Waals surface area contributed by atoms with Gasteiger partial charge in [-0.15, -0.1) is 0 Å². The van der Waals surface area contributed by atoms with E-state index in [0.29, 0.717) is 0 Å². The number of nitrogens with two attached hydrogens (primary N) is 1. The van der Waals surface area contributed by atoms with Gasteiger partial charge in [-0.05, 0) is 26.7 Å². The van der Waals surface area contributed by atoms with Crippen molar-refractivity contribution in [3.63, 3.8) is 0 Å². The van der Waals surface area contributed by atoms with E-state index in [1.807, 2.05) is 13.8 Å². The molecule has 3 amide bonds. The lowest BCUT2D eigenvalue weighted by molar-refractivity contribution is -0.141. The molecule has 0 saturated heterocycles. The van der Waals surface area contributed by atoms with E-state index >= 15 is 0 Å². The number of carbonyl (C=O) groups excluding carboxylic acids is 3. The van der Waals surface area contributed by atoms with Crippen molar-refractivity contribution in [1.82, 2.24) is 16.0 Å². The molecule has 9 nitrogen and oxygen atoms in total. The Balaban J connectivity index is 4.51. The summed E-state index contributed by atoms with van der Waals surface area (Å²) in [6, 6.07) is -3.61. The van der Waals surface area contributed by atoms with E-state index in [2.05, 4.69) is 16.0 Å². The Morgan fingerprint density at radius 1 is 0.833 bits per heavy atom. The van der Waals surface area contributed by atoms with Crippen LogP contribution in [0.15, 0.2) is 0 Å². The van der Waals surface area contributed by atoms with Crippen LogP contribution < -0.4 is 21.7 Å². The van der Waals surface area contributed by atoms with Crippen LogP contribution in [0.2, 0.25) is 0 Å². The van der Waals surface area contributed by atoms with Crippen LogP contribution in [-0.2, 0) is 19.2 Å². The number of nitrogens with one attached hydrogen (secondary N) is 3. The van der Waals surface area contributed by atoms with Crippen molar-refractivity contribution in [1.29, 1.82) is 0 Å². The van der Waals surface area contributed by atoms with Crippen LogP contribution in [0.5, 0.6) is 0 Å². The van der Waals surface area contributed by atoms with E-state index in [1.54, 1.807) is 0 Å². The second-order valence-electron chi connectivity index (χ2n) is 5.94. The second-order valence-corrected chi connectivity index (χ2v) is 5.94. The number of aliphatic carboxylic acids is 1. The van der Waals surface area contributed by atoms with Gasteiger partial charge in [0.15, 0.2) is 0 Å². The summed E-state index contributed by atoms with van der Waals surface area (Å²) in [6.45, 7) is 7.95. The molecule has 0 fully saturated rings. The maximum Gasteiger partial charge on any atom is 0.325 e. The zero-order valence-electron chi connectivity index (χ0n) is 14.8. The van der Waals surface area contributed by atoms with Gasteiger partial charge in [0.2, 0.25) is 17.7 Å². The van der Waals surface area contributed by atoms with E-state index < -0.39 is 47.9 Å².